The molecule has 1 N–H and O–H groups in total. The van der Waals surface area contributed by atoms with Gasteiger partial charge in [-0.3, -0.25) is 4.68 Å². The van der Waals surface area contributed by atoms with Gasteiger partial charge in [-0.1, -0.05) is 0 Å². The molecule has 2 aromatic heterocycles. The van der Waals surface area contributed by atoms with Gasteiger partial charge in [-0.25, -0.2) is 9.78 Å². The first kappa shape index (κ1) is 11.4. The lowest BCUT2D eigenvalue weighted by molar-refractivity contribution is 0.0691. The molecule has 0 atom stereocenters. The Bertz CT molecular complexity index is 527. The summed E-state index contributed by atoms with van der Waals surface area (Å²) >= 11 is 0. The molecule has 6 heteroatoms. The van der Waals surface area contributed by atoms with E-state index in [0.717, 1.165) is 5.69 Å². The van der Waals surface area contributed by atoms with Gasteiger partial charge >= 0.3 is 5.97 Å². The molecule has 90 valence electrons. The predicted octanol–water partition coefficient (Wildman–Crippen LogP) is 1.41. The van der Waals surface area contributed by atoms with E-state index in [2.05, 4.69) is 23.9 Å². The van der Waals surface area contributed by atoms with Crippen LogP contribution in [0.5, 0.6) is 0 Å². The van der Waals surface area contributed by atoms with Gasteiger partial charge in [0.05, 0.1) is 18.6 Å². The van der Waals surface area contributed by atoms with Crippen molar-refractivity contribution in [1.29, 1.82) is 0 Å². The van der Waals surface area contributed by atoms with Gasteiger partial charge < -0.3 is 9.67 Å². The summed E-state index contributed by atoms with van der Waals surface area (Å²) < 4.78 is 3.57. The maximum Gasteiger partial charge on any atom is 0.356 e. The second-order valence-corrected chi connectivity index (χ2v) is 4.12. The Morgan fingerprint density at radius 1 is 1.53 bits per heavy atom. The minimum atomic E-state index is -1.02. The van der Waals surface area contributed by atoms with Crippen molar-refractivity contribution in [3.8, 4) is 0 Å². The molecule has 0 fully saturated rings. The average Bonchev–Trinajstić information content (AvgIpc) is 2.87. The number of carboxylic acids is 1. The summed E-state index contributed by atoms with van der Waals surface area (Å²) in [7, 11) is 0. The zero-order chi connectivity index (χ0) is 12.4. The van der Waals surface area contributed by atoms with Crippen LogP contribution in [0.25, 0.3) is 0 Å². The van der Waals surface area contributed by atoms with Gasteiger partial charge in [0.2, 0.25) is 0 Å². The van der Waals surface area contributed by atoms with Crippen molar-refractivity contribution in [2.75, 3.05) is 0 Å². The van der Waals surface area contributed by atoms with Gasteiger partial charge in [0.25, 0.3) is 0 Å². The normalized spacial score (nSPS) is 11.0. The highest BCUT2D eigenvalue weighted by Gasteiger charge is 2.08. The van der Waals surface area contributed by atoms with Crippen molar-refractivity contribution in [3.63, 3.8) is 0 Å². The fourth-order valence-electron chi connectivity index (χ4n) is 1.49. The van der Waals surface area contributed by atoms with Gasteiger partial charge in [-0.05, 0) is 19.9 Å². The fraction of sp³-hybridized carbons (Fsp3) is 0.364. The quantitative estimate of drug-likeness (QED) is 0.868. The Kier molecular flexibility index (Phi) is 2.95. The number of hydrogen-bond acceptors (Lipinski definition) is 3. The number of nitrogens with zero attached hydrogens (tertiary/aromatic N) is 4. The number of aromatic carboxylic acids is 1. The summed E-state index contributed by atoms with van der Waals surface area (Å²) in [6.07, 6.45) is 4.91. The molecule has 2 aromatic rings. The summed E-state index contributed by atoms with van der Waals surface area (Å²) in [6.45, 7) is 4.63. The number of rotatable bonds is 4. The number of carboxylic acid groups (broad SMARTS) is 1. The Morgan fingerprint density at radius 3 is 2.82 bits per heavy atom. The first-order chi connectivity index (χ1) is 8.06. The van der Waals surface area contributed by atoms with E-state index < -0.39 is 5.97 Å². The van der Waals surface area contributed by atoms with Crippen molar-refractivity contribution in [1.82, 2.24) is 19.3 Å². The van der Waals surface area contributed by atoms with Gasteiger partial charge in [-0.2, -0.15) is 5.10 Å². The van der Waals surface area contributed by atoms with Crippen molar-refractivity contribution >= 4 is 5.97 Å². The molecule has 0 radical (unpaired) electrons. The van der Waals surface area contributed by atoms with Gasteiger partial charge in [0, 0.05) is 18.4 Å². The van der Waals surface area contributed by atoms with Crippen LogP contribution in [0.3, 0.4) is 0 Å². The number of carbonyl (C=O) groups is 1. The third-order valence-electron chi connectivity index (χ3n) is 2.39. The molecule has 0 saturated heterocycles. The van der Waals surface area contributed by atoms with Crippen LogP contribution in [-0.4, -0.2) is 30.4 Å². The summed E-state index contributed by atoms with van der Waals surface area (Å²) in [5, 5.41) is 13.1. The van der Waals surface area contributed by atoms with E-state index in [9.17, 15) is 4.79 Å². The van der Waals surface area contributed by atoms with Crippen LogP contribution in [0, 0.1) is 0 Å². The minimum Gasteiger partial charge on any atom is -0.476 e. The minimum absolute atomic E-state index is 0.0493. The average molecular weight is 234 g/mol. The standard InChI is InChI=1S/C11H14N4O2/c1-8(2)15-4-3-9(13-15)5-14-6-10(11(16)17)12-7-14/h3-4,6-8H,5H2,1-2H3,(H,16,17). The summed E-state index contributed by atoms with van der Waals surface area (Å²) in [5.74, 6) is -1.02. The lowest BCUT2D eigenvalue weighted by Gasteiger charge is -2.03. The molecule has 0 aliphatic rings. The van der Waals surface area contributed by atoms with Crippen LogP contribution in [0.15, 0.2) is 24.8 Å². The van der Waals surface area contributed by atoms with E-state index in [1.54, 1.807) is 4.57 Å². The third-order valence-corrected chi connectivity index (χ3v) is 2.39. The van der Waals surface area contributed by atoms with E-state index in [-0.39, 0.29) is 5.69 Å². The topological polar surface area (TPSA) is 72.9 Å². The Hall–Kier alpha value is -2.11. The monoisotopic (exact) mass is 234 g/mol. The molecule has 0 unspecified atom stereocenters. The van der Waals surface area contributed by atoms with Crippen molar-refractivity contribution in [2.45, 2.75) is 26.4 Å². The second kappa shape index (κ2) is 4.40. The lowest BCUT2D eigenvalue weighted by Crippen LogP contribution is -2.04. The maximum absolute atomic E-state index is 10.7. The Balaban J connectivity index is 2.11. The molecule has 0 aliphatic carbocycles. The molecule has 0 spiro atoms. The van der Waals surface area contributed by atoms with Crippen LogP contribution in [0.4, 0.5) is 0 Å². The first-order valence-electron chi connectivity index (χ1n) is 5.35. The molecule has 0 aromatic carbocycles. The molecule has 17 heavy (non-hydrogen) atoms. The smallest absolute Gasteiger partial charge is 0.356 e. The van der Waals surface area contributed by atoms with Crippen molar-refractivity contribution < 1.29 is 9.90 Å². The molecular weight excluding hydrogens is 220 g/mol. The maximum atomic E-state index is 10.7. The van der Waals surface area contributed by atoms with Crippen LogP contribution >= 0.6 is 0 Å². The molecular formula is C11H14N4O2. The summed E-state index contributed by atoms with van der Waals surface area (Å²) in [5.41, 5.74) is 0.932. The van der Waals surface area contributed by atoms with Crippen LogP contribution in [0.1, 0.15) is 36.1 Å². The summed E-state index contributed by atoms with van der Waals surface area (Å²) in [4.78, 5) is 14.4. The van der Waals surface area contributed by atoms with E-state index in [4.69, 9.17) is 5.11 Å². The zero-order valence-corrected chi connectivity index (χ0v) is 9.74. The lowest BCUT2D eigenvalue weighted by atomic mass is 10.4. The van der Waals surface area contributed by atoms with Crippen LogP contribution < -0.4 is 0 Å². The van der Waals surface area contributed by atoms with Crippen LogP contribution in [-0.2, 0) is 6.54 Å². The molecule has 6 nitrogen and oxygen atoms in total. The highest BCUT2D eigenvalue weighted by Crippen LogP contribution is 2.06. The molecule has 0 bridgehead atoms. The van der Waals surface area contributed by atoms with E-state index in [1.807, 2.05) is 16.9 Å². The fourth-order valence-corrected chi connectivity index (χ4v) is 1.49. The predicted molar refractivity (Wildman–Crippen MR) is 60.9 cm³/mol. The highest BCUT2D eigenvalue weighted by atomic mass is 16.4. The third kappa shape index (κ3) is 2.52. The number of imidazole rings is 1. The first-order valence-corrected chi connectivity index (χ1v) is 5.35. The number of aromatic nitrogens is 4. The molecule has 0 amide bonds. The SMILES string of the molecule is CC(C)n1ccc(Cn2cnc(C(=O)O)c2)n1. The largest absolute Gasteiger partial charge is 0.476 e. The number of hydrogen-bond donors (Lipinski definition) is 1. The Morgan fingerprint density at radius 2 is 2.29 bits per heavy atom. The molecule has 2 heterocycles. The Labute approximate surface area is 98.5 Å². The van der Waals surface area contributed by atoms with Gasteiger partial charge in [-0.15, -0.1) is 0 Å². The van der Waals surface area contributed by atoms with E-state index >= 15 is 0 Å². The second-order valence-electron chi connectivity index (χ2n) is 4.12. The summed E-state index contributed by atoms with van der Waals surface area (Å²) in [6, 6.07) is 2.24. The van der Waals surface area contributed by atoms with Crippen LogP contribution in [0.2, 0.25) is 0 Å². The van der Waals surface area contributed by atoms with Crippen molar-refractivity contribution in [2.24, 2.45) is 0 Å². The van der Waals surface area contributed by atoms with Gasteiger partial charge in [0.15, 0.2) is 5.69 Å². The van der Waals surface area contributed by atoms with Gasteiger partial charge in [0.1, 0.15) is 0 Å². The molecule has 0 saturated carbocycles. The zero-order valence-electron chi connectivity index (χ0n) is 9.74. The van der Waals surface area contributed by atoms with Crippen molar-refractivity contribution in [3.05, 3.63) is 36.2 Å². The molecule has 0 aliphatic heterocycles. The molecule has 2 rings (SSSR count). The van der Waals surface area contributed by atoms with E-state index in [0.29, 0.717) is 12.6 Å². The van der Waals surface area contributed by atoms with E-state index in [1.165, 1.54) is 12.5 Å². The highest BCUT2D eigenvalue weighted by molar-refractivity contribution is 5.84.